The van der Waals surface area contributed by atoms with Crippen LogP contribution in [0.25, 0.3) is 0 Å². The van der Waals surface area contributed by atoms with E-state index in [0.29, 0.717) is 0 Å². The molecule has 4 nitrogen and oxygen atoms in total. The number of rotatable bonds is 6. The molecule has 1 aromatic carbocycles. The molecule has 0 aromatic heterocycles. The lowest BCUT2D eigenvalue weighted by atomic mass is 9.99. The standard InChI is InChI=1S/C15H26O4Si/c1-14(2,3)16-18-20(6,7)19-17-15(4,5)13-11-9-8-10-12-13/h8-12H,1-7H3. The molecular weight excluding hydrogens is 272 g/mol. The van der Waals surface area contributed by atoms with E-state index in [0.717, 1.165) is 5.56 Å². The van der Waals surface area contributed by atoms with E-state index in [1.807, 2.05) is 78.0 Å². The van der Waals surface area contributed by atoms with Crippen molar-refractivity contribution in [2.75, 3.05) is 0 Å². The summed E-state index contributed by atoms with van der Waals surface area (Å²) in [6.07, 6.45) is 0. The van der Waals surface area contributed by atoms with Crippen molar-refractivity contribution in [1.29, 1.82) is 0 Å². The van der Waals surface area contributed by atoms with E-state index in [9.17, 15) is 0 Å². The fourth-order valence-electron chi connectivity index (χ4n) is 1.33. The van der Waals surface area contributed by atoms with Crippen molar-refractivity contribution < 1.29 is 18.9 Å². The summed E-state index contributed by atoms with van der Waals surface area (Å²) in [6.45, 7) is 13.4. The zero-order chi connectivity index (χ0) is 15.4. The molecule has 0 amide bonds. The molecule has 0 saturated carbocycles. The Kier molecular flexibility index (Phi) is 5.51. The molecule has 0 saturated heterocycles. The van der Waals surface area contributed by atoms with Gasteiger partial charge in [0.05, 0.1) is 5.60 Å². The van der Waals surface area contributed by atoms with Crippen molar-refractivity contribution in [2.24, 2.45) is 0 Å². The molecule has 114 valence electrons. The number of benzene rings is 1. The molecule has 0 aliphatic carbocycles. The highest BCUT2D eigenvalue weighted by atomic mass is 28.4. The molecule has 1 aromatic rings. The van der Waals surface area contributed by atoms with Crippen LogP contribution in [-0.2, 0) is 24.5 Å². The third-order valence-electron chi connectivity index (χ3n) is 2.41. The summed E-state index contributed by atoms with van der Waals surface area (Å²) in [5.41, 5.74) is 0.126. The van der Waals surface area contributed by atoms with Gasteiger partial charge < -0.3 is 0 Å². The van der Waals surface area contributed by atoms with Gasteiger partial charge in [-0.15, -0.1) is 0 Å². The molecule has 0 heterocycles. The molecule has 0 unspecified atom stereocenters. The topological polar surface area (TPSA) is 36.9 Å². The van der Waals surface area contributed by atoms with Crippen molar-refractivity contribution in [3.05, 3.63) is 35.9 Å². The van der Waals surface area contributed by atoms with Crippen molar-refractivity contribution in [3.63, 3.8) is 0 Å². The van der Waals surface area contributed by atoms with Crippen LogP contribution in [0.4, 0.5) is 0 Å². The van der Waals surface area contributed by atoms with Crippen LogP contribution in [0.1, 0.15) is 40.2 Å². The van der Waals surface area contributed by atoms with E-state index < -0.39 is 14.2 Å². The molecule has 0 atom stereocenters. The first-order chi connectivity index (χ1) is 9.02. The maximum absolute atomic E-state index is 5.60. The molecule has 0 radical (unpaired) electrons. The van der Waals surface area contributed by atoms with Gasteiger partial charge in [-0.1, -0.05) is 30.3 Å². The van der Waals surface area contributed by atoms with Gasteiger partial charge in [-0.3, -0.25) is 0 Å². The monoisotopic (exact) mass is 298 g/mol. The molecule has 0 aliphatic rings. The Bertz CT molecular complexity index is 410. The Balaban J connectivity index is 2.57. The normalized spacial score (nSPS) is 13.6. The van der Waals surface area contributed by atoms with Crippen LogP contribution in [0.3, 0.4) is 0 Å². The summed E-state index contributed by atoms with van der Waals surface area (Å²) in [4.78, 5) is 10.9. The molecular formula is C15H26O4Si. The van der Waals surface area contributed by atoms with Crippen molar-refractivity contribution >= 4 is 8.56 Å². The van der Waals surface area contributed by atoms with E-state index >= 15 is 0 Å². The van der Waals surface area contributed by atoms with Gasteiger partial charge in [-0.2, -0.15) is 0 Å². The van der Waals surface area contributed by atoms with Crippen LogP contribution >= 0.6 is 0 Å². The number of hydrogen-bond acceptors (Lipinski definition) is 4. The van der Waals surface area contributed by atoms with Gasteiger partial charge in [0.2, 0.25) is 0 Å². The quantitative estimate of drug-likeness (QED) is 0.445. The van der Waals surface area contributed by atoms with E-state index in [2.05, 4.69) is 0 Å². The minimum absolute atomic E-state index is 0.372. The van der Waals surface area contributed by atoms with Crippen LogP contribution in [-0.4, -0.2) is 14.2 Å². The van der Waals surface area contributed by atoms with E-state index in [-0.39, 0.29) is 5.60 Å². The predicted octanol–water partition coefficient (Wildman–Crippen LogP) is 4.32. The molecule has 20 heavy (non-hydrogen) atoms. The van der Waals surface area contributed by atoms with Crippen LogP contribution in [0.2, 0.25) is 13.1 Å². The van der Waals surface area contributed by atoms with Gasteiger partial charge in [0.1, 0.15) is 5.60 Å². The third kappa shape index (κ3) is 6.15. The molecule has 0 spiro atoms. The second-order valence-corrected chi connectivity index (χ2v) is 9.85. The fourth-order valence-corrected chi connectivity index (χ4v) is 2.22. The van der Waals surface area contributed by atoms with Crippen molar-refractivity contribution in [2.45, 2.75) is 58.9 Å². The Labute approximate surface area is 123 Å². The molecule has 0 bridgehead atoms. The Morgan fingerprint density at radius 3 is 1.80 bits per heavy atom. The highest BCUT2D eigenvalue weighted by molar-refractivity contribution is 6.64. The van der Waals surface area contributed by atoms with Crippen molar-refractivity contribution in [1.82, 2.24) is 0 Å². The minimum Gasteiger partial charge on any atom is -0.248 e. The van der Waals surface area contributed by atoms with Crippen LogP contribution in [0, 0.1) is 0 Å². The molecule has 0 N–H and O–H groups in total. The van der Waals surface area contributed by atoms with Crippen molar-refractivity contribution in [3.8, 4) is 0 Å². The highest BCUT2D eigenvalue weighted by Crippen LogP contribution is 2.26. The Hall–Kier alpha value is -0.723. The lowest BCUT2D eigenvalue weighted by Crippen LogP contribution is -2.40. The third-order valence-corrected chi connectivity index (χ3v) is 3.38. The highest BCUT2D eigenvalue weighted by Gasteiger charge is 2.34. The lowest BCUT2D eigenvalue weighted by molar-refractivity contribution is -0.352. The summed E-state index contributed by atoms with van der Waals surface area (Å²) in [7, 11) is -2.50. The van der Waals surface area contributed by atoms with E-state index in [1.54, 1.807) is 0 Å². The molecule has 0 fully saturated rings. The first kappa shape index (κ1) is 17.3. The van der Waals surface area contributed by atoms with Gasteiger partial charge in [0, 0.05) is 0 Å². The largest absolute Gasteiger partial charge is 0.403 e. The van der Waals surface area contributed by atoms with E-state index in [4.69, 9.17) is 18.9 Å². The number of hydrogen-bond donors (Lipinski definition) is 0. The first-order valence-corrected chi connectivity index (χ1v) is 9.63. The zero-order valence-corrected chi connectivity index (χ0v) is 14.5. The average Bonchev–Trinajstić information content (AvgIpc) is 2.35. The molecule has 5 heteroatoms. The van der Waals surface area contributed by atoms with Crippen LogP contribution in [0.15, 0.2) is 30.3 Å². The van der Waals surface area contributed by atoms with Gasteiger partial charge in [-0.05, 0) is 53.3 Å². The lowest BCUT2D eigenvalue weighted by Gasteiger charge is -2.30. The van der Waals surface area contributed by atoms with Gasteiger partial charge >= 0.3 is 8.56 Å². The fraction of sp³-hybridized carbons (Fsp3) is 0.600. The average molecular weight is 298 g/mol. The maximum atomic E-state index is 5.60. The summed E-state index contributed by atoms with van der Waals surface area (Å²) < 4.78 is 11.0. The minimum atomic E-state index is -2.50. The summed E-state index contributed by atoms with van der Waals surface area (Å²) >= 11 is 0. The summed E-state index contributed by atoms with van der Waals surface area (Å²) in [5, 5.41) is 0. The Morgan fingerprint density at radius 2 is 1.30 bits per heavy atom. The zero-order valence-electron chi connectivity index (χ0n) is 13.5. The summed E-state index contributed by atoms with van der Waals surface area (Å²) in [5.74, 6) is 0. The summed E-state index contributed by atoms with van der Waals surface area (Å²) in [6, 6.07) is 9.93. The van der Waals surface area contributed by atoms with E-state index in [1.165, 1.54) is 0 Å². The predicted molar refractivity (Wildman–Crippen MR) is 81.0 cm³/mol. The Morgan fingerprint density at radius 1 is 0.800 bits per heavy atom. The smallest absolute Gasteiger partial charge is 0.248 e. The maximum Gasteiger partial charge on any atom is 0.403 e. The van der Waals surface area contributed by atoms with Gasteiger partial charge in [-0.25, -0.2) is 18.9 Å². The van der Waals surface area contributed by atoms with Gasteiger partial charge in [0.25, 0.3) is 0 Å². The van der Waals surface area contributed by atoms with Gasteiger partial charge in [0.15, 0.2) is 0 Å². The molecule has 1 rings (SSSR count). The van der Waals surface area contributed by atoms with Crippen LogP contribution in [0.5, 0.6) is 0 Å². The second kappa shape index (κ2) is 6.36. The SMILES string of the molecule is CC(C)(C)OO[Si](C)(C)OOC(C)(C)c1ccccc1. The van der Waals surface area contributed by atoms with Crippen LogP contribution < -0.4 is 0 Å². The second-order valence-electron chi connectivity index (χ2n) is 6.72. The first-order valence-electron chi connectivity index (χ1n) is 6.81. The molecule has 0 aliphatic heterocycles.